The van der Waals surface area contributed by atoms with Crippen molar-refractivity contribution in [2.24, 2.45) is 0 Å². The van der Waals surface area contributed by atoms with Gasteiger partial charge in [0.1, 0.15) is 5.54 Å². The first-order valence-electron chi connectivity index (χ1n) is 9.45. The number of rotatable bonds is 3. The Morgan fingerprint density at radius 2 is 1.89 bits per heavy atom. The molecule has 0 unspecified atom stereocenters. The van der Waals surface area contributed by atoms with E-state index in [9.17, 15) is 9.59 Å². The predicted octanol–water partition coefficient (Wildman–Crippen LogP) is 2.38. The lowest BCUT2D eigenvalue weighted by Gasteiger charge is -2.44. The summed E-state index contributed by atoms with van der Waals surface area (Å²) >= 11 is 0. The van der Waals surface area contributed by atoms with E-state index in [0.717, 1.165) is 28.3 Å². The number of piperidine rings is 1. The van der Waals surface area contributed by atoms with E-state index in [1.807, 2.05) is 43.0 Å². The van der Waals surface area contributed by atoms with Gasteiger partial charge in [0.25, 0.3) is 0 Å². The van der Waals surface area contributed by atoms with Crippen LogP contribution in [0.3, 0.4) is 0 Å². The van der Waals surface area contributed by atoms with Crippen molar-refractivity contribution in [3.8, 4) is 0 Å². The molecule has 3 heterocycles. The van der Waals surface area contributed by atoms with Crippen LogP contribution in [0, 0.1) is 13.8 Å². The molecule has 1 aromatic carbocycles. The summed E-state index contributed by atoms with van der Waals surface area (Å²) in [6, 6.07) is 7.73. The van der Waals surface area contributed by atoms with E-state index in [4.69, 9.17) is 0 Å². The van der Waals surface area contributed by atoms with Gasteiger partial charge in [-0.1, -0.05) is 12.1 Å². The van der Waals surface area contributed by atoms with Gasteiger partial charge in [0, 0.05) is 31.6 Å². The number of hydrogen-bond donors (Lipinski definition) is 3. The molecule has 0 atom stereocenters. The summed E-state index contributed by atoms with van der Waals surface area (Å²) in [4.78, 5) is 27.2. The molecular formula is C20H25N5O2. The number of benzene rings is 1. The lowest BCUT2D eigenvalue weighted by atomic mass is 9.84. The number of aromatic nitrogens is 2. The van der Waals surface area contributed by atoms with Crippen LogP contribution in [0.2, 0.25) is 0 Å². The van der Waals surface area contributed by atoms with Gasteiger partial charge in [0.2, 0.25) is 11.8 Å². The number of carbonyl (C=O) groups excluding carboxylic acids is 2. The van der Waals surface area contributed by atoms with Crippen LogP contribution in [-0.2, 0) is 16.0 Å². The summed E-state index contributed by atoms with van der Waals surface area (Å²) in [5.74, 6) is 0.123. The number of nitrogens with zero attached hydrogens (tertiary/aromatic N) is 2. The zero-order valence-corrected chi connectivity index (χ0v) is 15.8. The molecule has 0 saturated carbocycles. The molecule has 4 rings (SSSR count). The van der Waals surface area contributed by atoms with E-state index in [0.29, 0.717) is 38.8 Å². The summed E-state index contributed by atoms with van der Waals surface area (Å²) < 4.78 is 0. The van der Waals surface area contributed by atoms with E-state index >= 15 is 0 Å². The summed E-state index contributed by atoms with van der Waals surface area (Å²) in [7, 11) is 0. The fourth-order valence-corrected chi connectivity index (χ4v) is 3.91. The monoisotopic (exact) mass is 367 g/mol. The second-order valence-electron chi connectivity index (χ2n) is 7.51. The van der Waals surface area contributed by atoms with Crippen molar-refractivity contribution in [1.29, 1.82) is 0 Å². The van der Waals surface area contributed by atoms with Crippen molar-refractivity contribution in [3.05, 3.63) is 41.2 Å². The molecule has 1 spiro atoms. The Balaban J connectivity index is 1.36. The number of amides is 2. The quantitative estimate of drug-likeness (QED) is 0.777. The van der Waals surface area contributed by atoms with Crippen molar-refractivity contribution >= 4 is 23.2 Å². The number of fused-ring (bicyclic) bond motifs is 1. The van der Waals surface area contributed by atoms with Crippen LogP contribution in [0.1, 0.15) is 36.2 Å². The molecule has 0 aliphatic carbocycles. The third-order valence-electron chi connectivity index (χ3n) is 5.88. The van der Waals surface area contributed by atoms with Gasteiger partial charge in [-0.05, 0) is 44.4 Å². The standard InChI is InChI=1S/C20H25N5O2/c1-13-14(2)23-24-15(13)7-8-18(26)25-11-9-20(10-12-25)19(27)21-16-5-3-4-6-17(16)22-20/h3-6,22H,7-12H2,1-2H3,(H,21,27)(H,23,24). The van der Waals surface area contributed by atoms with E-state index in [-0.39, 0.29) is 11.8 Å². The van der Waals surface area contributed by atoms with Crippen LogP contribution >= 0.6 is 0 Å². The van der Waals surface area contributed by atoms with Crippen LogP contribution in [0.4, 0.5) is 11.4 Å². The summed E-state index contributed by atoms with van der Waals surface area (Å²) in [5, 5.41) is 13.7. The maximum Gasteiger partial charge on any atom is 0.250 e. The highest BCUT2D eigenvalue weighted by molar-refractivity contribution is 6.06. The van der Waals surface area contributed by atoms with Gasteiger partial charge in [0.15, 0.2) is 0 Å². The van der Waals surface area contributed by atoms with Crippen LogP contribution in [0.25, 0.3) is 0 Å². The number of nitrogens with one attached hydrogen (secondary N) is 3. The molecule has 2 aromatic rings. The van der Waals surface area contributed by atoms with Crippen LogP contribution in [0.5, 0.6) is 0 Å². The molecule has 2 aliphatic heterocycles. The van der Waals surface area contributed by atoms with Crippen molar-refractivity contribution in [2.45, 2.75) is 45.1 Å². The maximum absolute atomic E-state index is 12.7. The molecule has 1 saturated heterocycles. The Hall–Kier alpha value is -2.83. The number of hydrogen-bond acceptors (Lipinski definition) is 4. The van der Waals surface area contributed by atoms with Gasteiger partial charge in [-0.2, -0.15) is 5.10 Å². The van der Waals surface area contributed by atoms with Gasteiger partial charge in [-0.15, -0.1) is 0 Å². The summed E-state index contributed by atoms with van der Waals surface area (Å²) in [6.45, 7) is 5.17. The van der Waals surface area contributed by atoms with Crippen LogP contribution < -0.4 is 10.6 Å². The van der Waals surface area contributed by atoms with Crippen LogP contribution in [0.15, 0.2) is 24.3 Å². The third-order valence-corrected chi connectivity index (χ3v) is 5.88. The SMILES string of the molecule is Cc1[nH]nc(CCC(=O)N2CCC3(CC2)Nc2ccccc2NC3=O)c1C. The smallest absolute Gasteiger partial charge is 0.250 e. The molecule has 2 aliphatic rings. The molecule has 7 heteroatoms. The second kappa shape index (κ2) is 6.72. The van der Waals surface area contributed by atoms with E-state index in [1.165, 1.54) is 0 Å². The Kier molecular flexibility index (Phi) is 4.37. The van der Waals surface area contributed by atoms with Gasteiger partial charge in [-0.3, -0.25) is 14.7 Å². The lowest BCUT2D eigenvalue weighted by Crippen LogP contribution is -2.59. The number of para-hydroxylation sites is 2. The zero-order valence-electron chi connectivity index (χ0n) is 15.8. The van der Waals surface area contributed by atoms with E-state index in [2.05, 4.69) is 20.8 Å². The van der Waals surface area contributed by atoms with Crippen molar-refractivity contribution < 1.29 is 9.59 Å². The molecule has 142 valence electrons. The molecule has 0 bridgehead atoms. The highest BCUT2D eigenvalue weighted by atomic mass is 16.2. The first-order valence-corrected chi connectivity index (χ1v) is 9.45. The van der Waals surface area contributed by atoms with E-state index < -0.39 is 5.54 Å². The number of anilines is 2. The van der Waals surface area contributed by atoms with Crippen molar-refractivity contribution in [3.63, 3.8) is 0 Å². The average molecular weight is 367 g/mol. The topological polar surface area (TPSA) is 90.1 Å². The number of H-pyrrole nitrogens is 1. The maximum atomic E-state index is 12.7. The van der Waals surface area contributed by atoms with E-state index in [1.54, 1.807) is 0 Å². The highest BCUT2D eigenvalue weighted by Crippen LogP contribution is 2.36. The molecule has 27 heavy (non-hydrogen) atoms. The second-order valence-corrected chi connectivity index (χ2v) is 7.51. The molecule has 1 aromatic heterocycles. The van der Waals surface area contributed by atoms with Gasteiger partial charge < -0.3 is 15.5 Å². The van der Waals surface area contributed by atoms with Gasteiger partial charge in [0.05, 0.1) is 17.1 Å². The number of aromatic amines is 1. The lowest BCUT2D eigenvalue weighted by molar-refractivity contribution is -0.134. The van der Waals surface area contributed by atoms with Crippen molar-refractivity contribution in [1.82, 2.24) is 15.1 Å². The Labute approximate surface area is 158 Å². The Morgan fingerprint density at radius 1 is 1.19 bits per heavy atom. The summed E-state index contributed by atoms with van der Waals surface area (Å²) in [6.07, 6.45) is 2.31. The molecule has 2 amide bonds. The molecular weight excluding hydrogens is 342 g/mol. The predicted molar refractivity (Wildman–Crippen MR) is 104 cm³/mol. The fourth-order valence-electron chi connectivity index (χ4n) is 3.91. The third kappa shape index (κ3) is 3.18. The molecule has 0 radical (unpaired) electrons. The fraction of sp³-hybridized carbons (Fsp3) is 0.450. The number of aryl methyl sites for hydroxylation is 2. The zero-order chi connectivity index (χ0) is 19.0. The molecule has 1 fully saturated rings. The van der Waals surface area contributed by atoms with Gasteiger partial charge in [-0.25, -0.2) is 0 Å². The first-order chi connectivity index (χ1) is 13.0. The number of carbonyl (C=O) groups is 2. The highest BCUT2D eigenvalue weighted by Gasteiger charge is 2.44. The largest absolute Gasteiger partial charge is 0.369 e. The normalized spacial score (nSPS) is 18.0. The minimum absolute atomic E-state index is 0.00378. The number of likely N-dealkylation sites (tertiary alicyclic amines) is 1. The van der Waals surface area contributed by atoms with Crippen LogP contribution in [-0.4, -0.2) is 45.5 Å². The molecule has 7 nitrogen and oxygen atoms in total. The first kappa shape index (κ1) is 17.6. The van der Waals surface area contributed by atoms with Gasteiger partial charge >= 0.3 is 0 Å². The van der Waals surface area contributed by atoms with Crippen molar-refractivity contribution in [2.75, 3.05) is 23.7 Å². The minimum atomic E-state index is -0.624. The minimum Gasteiger partial charge on any atom is -0.369 e. The average Bonchev–Trinajstić information content (AvgIpc) is 2.99. The summed E-state index contributed by atoms with van der Waals surface area (Å²) in [5.41, 5.74) is 4.27. The Bertz CT molecular complexity index is 880. The Morgan fingerprint density at radius 3 is 2.56 bits per heavy atom. The molecule has 3 N–H and O–H groups in total.